The van der Waals surface area contributed by atoms with E-state index in [0.29, 0.717) is 6.01 Å². The second-order valence-corrected chi connectivity index (χ2v) is 3.33. The smallest absolute Gasteiger partial charge is 0.317 e. The minimum Gasteiger partial charge on any atom is -0.457 e. The van der Waals surface area contributed by atoms with Crippen LogP contribution in [0.2, 0.25) is 0 Å². The Morgan fingerprint density at radius 1 is 1.29 bits per heavy atom. The van der Waals surface area contributed by atoms with E-state index in [2.05, 4.69) is 15.3 Å². The highest BCUT2D eigenvalue weighted by atomic mass is 35.5. The zero-order valence-electron chi connectivity index (χ0n) is 8.28. The van der Waals surface area contributed by atoms with E-state index in [9.17, 15) is 0 Å². The first-order valence-electron chi connectivity index (χ1n) is 4.44. The van der Waals surface area contributed by atoms with Crippen molar-refractivity contribution in [3.05, 3.63) is 17.5 Å². The molecule has 1 saturated heterocycles. The summed E-state index contributed by atoms with van der Waals surface area (Å²) in [6.07, 6.45) is 0.251. The highest BCUT2D eigenvalue weighted by Crippen LogP contribution is 2.09. The number of hydrogen-bond acceptors (Lipinski definition) is 4. The summed E-state index contributed by atoms with van der Waals surface area (Å²) in [5.74, 6) is 0. The van der Waals surface area contributed by atoms with E-state index >= 15 is 0 Å². The summed E-state index contributed by atoms with van der Waals surface area (Å²) in [7, 11) is 0. The maximum absolute atomic E-state index is 5.53. The van der Waals surface area contributed by atoms with Crippen molar-refractivity contribution in [3.63, 3.8) is 0 Å². The van der Waals surface area contributed by atoms with E-state index in [1.807, 2.05) is 19.9 Å². The van der Waals surface area contributed by atoms with Crippen molar-refractivity contribution in [3.8, 4) is 6.01 Å². The molecule has 1 N–H and O–H groups in total. The average Bonchev–Trinajstić information content (AvgIpc) is 1.95. The van der Waals surface area contributed by atoms with Crippen LogP contribution in [0.3, 0.4) is 0 Å². The van der Waals surface area contributed by atoms with Gasteiger partial charge in [-0.25, -0.2) is 9.97 Å². The van der Waals surface area contributed by atoms with Gasteiger partial charge in [-0.2, -0.15) is 0 Å². The molecule has 0 spiro atoms. The molecule has 14 heavy (non-hydrogen) atoms. The minimum absolute atomic E-state index is 0. The quantitative estimate of drug-likeness (QED) is 0.795. The molecule has 1 fully saturated rings. The van der Waals surface area contributed by atoms with Gasteiger partial charge < -0.3 is 10.1 Å². The standard InChI is InChI=1S/C9H13N3O.ClH/c1-6-3-7(2)12-9(11-6)13-8-4-10-5-8;/h3,8,10H,4-5H2,1-2H3;1H. The van der Waals surface area contributed by atoms with Crippen molar-refractivity contribution in [2.75, 3.05) is 13.1 Å². The first-order valence-corrected chi connectivity index (χ1v) is 4.44. The summed E-state index contributed by atoms with van der Waals surface area (Å²) in [4.78, 5) is 8.39. The SMILES string of the molecule is Cc1cc(C)nc(OC2CNC2)n1.Cl. The maximum Gasteiger partial charge on any atom is 0.317 e. The van der Waals surface area contributed by atoms with Crippen molar-refractivity contribution in [1.29, 1.82) is 0 Å². The zero-order chi connectivity index (χ0) is 9.26. The molecule has 2 rings (SSSR count). The summed E-state index contributed by atoms with van der Waals surface area (Å²) >= 11 is 0. The first-order chi connectivity index (χ1) is 6.24. The van der Waals surface area contributed by atoms with Gasteiger partial charge >= 0.3 is 6.01 Å². The van der Waals surface area contributed by atoms with E-state index in [4.69, 9.17) is 4.74 Å². The van der Waals surface area contributed by atoms with Crippen molar-refractivity contribution < 1.29 is 4.74 Å². The topological polar surface area (TPSA) is 47.0 Å². The maximum atomic E-state index is 5.53. The van der Waals surface area contributed by atoms with E-state index in [1.165, 1.54) is 0 Å². The predicted octanol–water partition coefficient (Wildman–Crippen LogP) is 0.866. The Morgan fingerprint density at radius 2 is 1.86 bits per heavy atom. The molecule has 1 aliphatic heterocycles. The fraction of sp³-hybridized carbons (Fsp3) is 0.556. The molecule has 0 bridgehead atoms. The van der Waals surface area contributed by atoms with Crippen LogP contribution in [0.4, 0.5) is 0 Å². The van der Waals surface area contributed by atoms with E-state index in [1.54, 1.807) is 0 Å². The number of halogens is 1. The summed E-state index contributed by atoms with van der Waals surface area (Å²) in [6.45, 7) is 5.69. The Morgan fingerprint density at radius 3 is 2.29 bits per heavy atom. The monoisotopic (exact) mass is 215 g/mol. The Bertz CT molecular complexity index is 295. The van der Waals surface area contributed by atoms with Gasteiger partial charge in [0.15, 0.2) is 0 Å². The predicted molar refractivity (Wildman–Crippen MR) is 56.0 cm³/mol. The third kappa shape index (κ3) is 2.56. The Kier molecular flexibility index (Phi) is 3.66. The van der Waals surface area contributed by atoms with Crippen LogP contribution in [-0.4, -0.2) is 29.2 Å². The molecular formula is C9H14ClN3O. The second kappa shape index (κ2) is 4.57. The lowest BCUT2D eigenvalue weighted by atomic mass is 10.2. The molecule has 0 amide bonds. The number of hydrogen-bond donors (Lipinski definition) is 1. The number of ether oxygens (including phenoxy) is 1. The van der Waals surface area contributed by atoms with Crippen LogP contribution >= 0.6 is 12.4 Å². The molecule has 2 heterocycles. The van der Waals surface area contributed by atoms with Gasteiger partial charge in [-0.05, 0) is 19.9 Å². The second-order valence-electron chi connectivity index (χ2n) is 3.33. The van der Waals surface area contributed by atoms with Gasteiger partial charge in [0, 0.05) is 24.5 Å². The highest BCUT2D eigenvalue weighted by Gasteiger charge is 2.19. The number of aromatic nitrogens is 2. The number of nitrogens with one attached hydrogen (secondary N) is 1. The van der Waals surface area contributed by atoms with E-state index in [-0.39, 0.29) is 18.5 Å². The van der Waals surface area contributed by atoms with Crippen LogP contribution in [0.1, 0.15) is 11.4 Å². The molecule has 1 aliphatic rings. The molecule has 0 atom stereocenters. The minimum atomic E-state index is 0. The van der Waals surface area contributed by atoms with Gasteiger partial charge in [-0.15, -0.1) is 12.4 Å². The molecule has 0 aromatic carbocycles. The highest BCUT2D eigenvalue weighted by molar-refractivity contribution is 5.85. The van der Waals surface area contributed by atoms with Crippen LogP contribution in [0.15, 0.2) is 6.07 Å². The largest absolute Gasteiger partial charge is 0.457 e. The normalized spacial score (nSPS) is 15.6. The van der Waals surface area contributed by atoms with E-state index in [0.717, 1.165) is 24.5 Å². The molecule has 5 heteroatoms. The van der Waals surface area contributed by atoms with Crippen LogP contribution < -0.4 is 10.1 Å². The number of nitrogens with zero attached hydrogens (tertiary/aromatic N) is 2. The van der Waals surface area contributed by atoms with Crippen molar-refractivity contribution in [2.45, 2.75) is 20.0 Å². The first kappa shape index (κ1) is 11.2. The van der Waals surface area contributed by atoms with Gasteiger partial charge in [-0.3, -0.25) is 0 Å². The van der Waals surface area contributed by atoms with Crippen LogP contribution in [0.5, 0.6) is 6.01 Å². The van der Waals surface area contributed by atoms with Gasteiger partial charge in [0.05, 0.1) is 0 Å². The van der Waals surface area contributed by atoms with Crippen molar-refractivity contribution in [1.82, 2.24) is 15.3 Å². The summed E-state index contributed by atoms with van der Waals surface area (Å²) < 4.78 is 5.53. The third-order valence-electron chi connectivity index (χ3n) is 1.98. The Balaban J connectivity index is 0.000000980. The number of aryl methyl sites for hydroxylation is 2. The van der Waals surface area contributed by atoms with Gasteiger partial charge in [-0.1, -0.05) is 0 Å². The molecule has 0 aliphatic carbocycles. The fourth-order valence-corrected chi connectivity index (χ4v) is 1.24. The summed E-state index contributed by atoms with van der Waals surface area (Å²) in [6, 6.07) is 2.44. The molecule has 0 unspecified atom stereocenters. The van der Waals surface area contributed by atoms with Crippen molar-refractivity contribution in [2.24, 2.45) is 0 Å². The molecule has 1 aromatic rings. The van der Waals surface area contributed by atoms with Crippen LogP contribution in [0, 0.1) is 13.8 Å². The Labute approximate surface area is 89.5 Å². The average molecular weight is 216 g/mol. The third-order valence-corrected chi connectivity index (χ3v) is 1.98. The fourth-order valence-electron chi connectivity index (χ4n) is 1.24. The lowest BCUT2D eigenvalue weighted by Gasteiger charge is -2.26. The van der Waals surface area contributed by atoms with Gasteiger partial charge in [0.1, 0.15) is 6.10 Å². The van der Waals surface area contributed by atoms with Crippen LogP contribution in [0.25, 0.3) is 0 Å². The molecule has 0 radical (unpaired) electrons. The number of rotatable bonds is 2. The lowest BCUT2D eigenvalue weighted by Crippen LogP contribution is -2.50. The van der Waals surface area contributed by atoms with E-state index < -0.39 is 0 Å². The molecule has 4 nitrogen and oxygen atoms in total. The Hall–Kier alpha value is -0.870. The molecular weight excluding hydrogens is 202 g/mol. The molecule has 1 aromatic heterocycles. The summed E-state index contributed by atoms with van der Waals surface area (Å²) in [5.41, 5.74) is 1.91. The zero-order valence-corrected chi connectivity index (χ0v) is 9.10. The molecule has 78 valence electrons. The van der Waals surface area contributed by atoms with Crippen molar-refractivity contribution >= 4 is 12.4 Å². The summed E-state index contributed by atoms with van der Waals surface area (Å²) in [5, 5.41) is 3.13. The van der Waals surface area contributed by atoms with Gasteiger partial charge in [0.25, 0.3) is 0 Å². The lowest BCUT2D eigenvalue weighted by molar-refractivity contribution is 0.129. The molecule has 0 saturated carbocycles. The van der Waals surface area contributed by atoms with Gasteiger partial charge in [0.2, 0.25) is 0 Å². The van der Waals surface area contributed by atoms with Crippen LogP contribution in [-0.2, 0) is 0 Å².